The van der Waals surface area contributed by atoms with Crippen molar-refractivity contribution in [1.29, 1.82) is 0 Å². The van der Waals surface area contributed by atoms with Gasteiger partial charge in [-0.05, 0) is 26.7 Å². The summed E-state index contributed by atoms with van der Waals surface area (Å²) in [6.45, 7) is 1.84. The summed E-state index contributed by atoms with van der Waals surface area (Å²) in [6, 6.07) is -1.44. The van der Waals surface area contributed by atoms with Crippen LogP contribution in [0.5, 0.6) is 0 Å². The number of unbranched alkanes of at least 4 members (excludes halogenated alkanes) is 5. The first-order valence-corrected chi connectivity index (χ1v) is 21.7. The van der Waals surface area contributed by atoms with Crippen LogP contribution in [0.2, 0.25) is 0 Å². The Morgan fingerprint density at radius 2 is 1.11 bits per heavy atom. The molecule has 27 heteroatoms. The molecule has 10 N–H and O–H groups in total. The molecule has 0 unspecified atom stereocenters. The SMILES string of the molecule is COC(=O)CCCCCCCCO[C@@H]1O[C@H](CO)[C@@H](O[C@@H]2O[C@H](CO)[C@H](O)[C@H](OS(=O)(=O)[O-])[C@H]2O[C@@H]2O[C@@H](C)[C@@H](O)[C@@H](O)[C@@H]2O)[C@H](O[C@@H]2O[C@@H](C)[C@@H](O)[C@@H](O)[C@@H]2O)[C@H]1NC(C)=O.[Na+]. The van der Waals surface area contributed by atoms with E-state index in [1.165, 1.54) is 21.0 Å². The number of carbonyl (C=O) groups excluding carboxylic acids is 2. The first-order chi connectivity index (χ1) is 29.2. The Morgan fingerprint density at radius 1 is 0.619 bits per heavy atom. The third-order valence-electron chi connectivity index (χ3n) is 11.0. The van der Waals surface area contributed by atoms with Gasteiger partial charge in [-0.1, -0.05) is 25.7 Å². The van der Waals surface area contributed by atoms with Crippen LogP contribution in [-0.4, -0.2) is 220 Å². The van der Waals surface area contributed by atoms with Gasteiger partial charge in [0.25, 0.3) is 0 Å². The Kier molecular flexibility index (Phi) is 23.3. The Labute approximate surface area is 386 Å². The molecule has 63 heavy (non-hydrogen) atoms. The van der Waals surface area contributed by atoms with Crippen molar-refractivity contribution in [2.45, 2.75) is 188 Å². The van der Waals surface area contributed by atoms with Gasteiger partial charge in [-0.25, -0.2) is 8.42 Å². The van der Waals surface area contributed by atoms with Crippen LogP contribution in [-0.2, 0) is 66.8 Å². The second-order valence-electron chi connectivity index (χ2n) is 15.6. The predicted molar refractivity (Wildman–Crippen MR) is 199 cm³/mol. The van der Waals surface area contributed by atoms with E-state index in [9.17, 15) is 68.5 Å². The summed E-state index contributed by atoms with van der Waals surface area (Å²) in [6.07, 6.45) is -29.5. The van der Waals surface area contributed by atoms with Crippen LogP contribution in [0.4, 0.5) is 0 Å². The molecule has 1 amide bonds. The van der Waals surface area contributed by atoms with Crippen molar-refractivity contribution >= 4 is 22.3 Å². The van der Waals surface area contributed by atoms with Gasteiger partial charge in [0.05, 0.1) is 32.5 Å². The molecule has 0 spiro atoms. The Balaban J connectivity index is 0.0000106. The number of carbonyl (C=O) groups is 2. The van der Waals surface area contributed by atoms with Crippen LogP contribution in [0.25, 0.3) is 0 Å². The number of aliphatic hydroxyl groups is 9. The van der Waals surface area contributed by atoms with E-state index in [2.05, 4.69) is 14.2 Å². The zero-order valence-electron chi connectivity index (χ0n) is 35.7. The Hall–Kier alpha value is -0.870. The number of hydrogen-bond acceptors (Lipinski definition) is 24. The van der Waals surface area contributed by atoms with Crippen molar-refractivity contribution in [3.63, 3.8) is 0 Å². The van der Waals surface area contributed by atoms with Crippen LogP contribution < -0.4 is 34.9 Å². The summed E-state index contributed by atoms with van der Waals surface area (Å²) >= 11 is 0. The molecule has 4 saturated heterocycles. The van der Waals surface area contributed by atoms with Gasteiger partial charge in [0, 0.05) is 20.0 Å². The quantitative estimate of drug-likeness (QED) is 0.0168. The Morgan fingerprint density at radius 3 is 1.62 bits per heavy atom. The molecule has 4 aliphatic heterocycles. The van der Waals surface area contributed by atoms with Gasteiger partial charge in [-0.2, -0.15) is 0 Å². The molecule has 0 aromatic rings. The van der Waals surface area contributed by atoms with Crippen molar-refractivity contribution in [3.05, 3.63) is 0 Å². The molecule has 4 rings (SSSR count). The molecule has 20 atom stereocenters. The molecular weight excluding hydrogens is 885 g/mol. The molecule has 0 bridgehead atoms. The molecule has 25 nitrogen and oxygen atoms in total. The number of rotatable bonds is 21. The van der Waals surface area contributed by atoms with Crippen LogP contribution >= 0.6 is 0 Å². The van der Waals surface area contributed by atoms with Gasteiger partial charge >= 0.3 is 35.5 Å². The minimum Gasteiger partial charge on any atom is -0.726 e. The van der Waals surface area contributed by atoms with E-state index < -0.39 is 152 Å². The van der Waals surface area contributed by atoms with E-state index in [-0.39, 0.29) is 42.1 Å². The van der Waals surface area contributed by atoms with Crippen molar-refractivity contribution in [2.24, 2.45) is 0 Å². The van der Waals surface area contributed by atoms with E-state index in [1.54, 1.807) is 0 Å². The smallest absolute Gasteiger partial charge is 0.726 e. The molecule has 0 radical (unpaired) electrons. The van der Waals surface area contributed by atoms with Crippen LogP contribution in [0.15, 0.2) is 0 Å². The first kappa shape index (κ1) is 56.5. The van der Waals surface area contributed by atoms with Gasteiger partial charge in [0.2, 0.25) is 16.3 Å². The summed E-state index contributed by atoms with van der Waals surface area (Å²) in [7, 11) is -4.40. The molecule has 4 aliphatic rings. The maximum absolute atomic E-state index is 12.8. The van der Waals surface area contributed by atoms with Crippen molar-refractivity contribution in [2.75, 3.05) is 26.9 Å². The monoisotopic (exact) mass is 947 g/mol. The van der Waals surface area contributed by atoms with Crippen molar-refractivity contribution in [1.82, 2.24) is 5.32 Å². The number of methoxy groups -OCH3 is 1. The topological polar surface area (TPSA) is 378 Å². The van der Waals surface area contributed by atoms with Crippen LogP contribution in [0.3, 0.4) is 0 Å². The number of esters is 1. The van der Waals surface area contributed by atoms with Gasteiger partial charge < -0.3 is 98.5 Å². The molecule has 0 aliphatic carbocycles. The largest absolute Gasteiger partial charge is 1.00 e. The van der Waals surface area contributed by atoms with Gasteiger partial charge in [-0.15, -0.1) is 0 Å². The number of hydrogen-bond donors (Lipinski definition) is 10. The molecular formula is C36H62NNaO24S. The third kappa shape index (κ3) is 15.3. The average Bonchev–Trinajstić information content (AvgIpc) is 3.22. The summed E-state index contributed by atoms with van der Waals surface area (Å²) in [5.41, 5.74) is 0. The molecule has 0 aromatic heterocycles. The minimum atomic E-state index is -5.72. The van der Waals surface area contributed by atoms with E-state index in [1.807, 2.05) is 0 Å². The van der Waals surface area contributed by atoms with Gasteiger partial charge in [0.1, 0.15) is 85.4 Å². The van der Waals surface area contributed by atoms with Gasteiger partial charge in [0.15, 0.2) is 25.2 Å². The van der Waals surface area contributed by atoms with Gasteiger partial charge in [-0.3, -0.25) is 13.8 Å². The Bertz CT molecular complexity index is 1510. The fraction of sp³-hybridized carbons (Fsp3) is 0.944. The van der Waals surface area contributed by atoms with Crippen LogP contribution in [0, 0.1) is 0 Å². The summed E-state index contributed by atoms with van der Waals surface area (Å²) in [5, 5.41) is 98.1. The maximum atomic E-state index is 12.8. The van der Waals surface area contributed by atoms with Crippen LogP contribution in [0.1, 0.15) is 65.7 Å². The van der Waals surface area contributed by atoms with Crippen molar-refractivity contribution in [3.8, 4) is 0 Å². The number of nitrogens with one attached hydrogen (secondary N) is 1. The average molecular weight is 948 g/mol. The minimum absolute atomic E-state index is 0. The van der Waals surface area contributed by atoms with E-state index >= 15 is 0 Å². The van der Waals surface area contributed by atoms with E-state index in [0.717, 1.165) is 26.2 Å². The molecule has 4 fully saturated rings. The normalized spacial score (nSPS) is 41.0. The zero-order valence-corrected chi connectivity index (χ0v) is 38.5. The first-order valence-electron chi connectivity index (χ1n) is 20.4. The number of amides is 1. The summed E-state index contributed by atoms with van der Waals surface area (Å²) in [4.78, 5) is 24.1. The molecule has 362 valence electrons. The molecule has 0 aromatic carbocycles. The zero-order chi connectivity index (χ0) is 46.1. The second-order valence-corrected chi connectivity index (χ2v) is 16.6. The second kappa shape index (κ2) is 26.0. The molecule has 4 heterocycles. The number of aliphatic hydroxyl groups excluding tert-OH is 9. The standard InChI is InChI=1S/C36H63NO24S.Na/c1-15-22(42)25(45)27(47)34(54-15)59-30-21(37-17(3)40)33(53-12-10-8-6-5-7-9-11-20(41)52-4)57-19(14-39)29(30)58-36-32(60-35-28(48)26(46)23(43)16(2)55-35)31(61-62(49,50)51)24(44)18(13-38)56-36;/h15-16,18-19,21-36,38-39,42-48H,5-14H2,1-4H3,(H,37,40)(H,49,50,51);/q;+1/p-1/t15-,16-,18+,19+,21+,22+,23+,24-,25+,26+,27-,28-,29+,30+,31-,32+,33+,34-,35-,36-;/m0./s1. The maximum Gasteiger partial charge on any atom is 1.00 e. The fourth-order valence-corrected chi connectivity index (χ4v) is 8.04. The van der Waals surface area contributed by atoms with E-state index in [0.29, 0.717) is 25.7 Å². The third-order valence-corrected chi connectivity index (χ3v) is 11.5. The predicted octanol–water partition coefficient (Wildman–Crippen LogP) is -8.13. The molecule has 0 saturated carbocycles. The fourth-order valence-electron chi connectivity index (χ4n) is 7.54. The summed E-state index contributed by atoms with van der Waals surface area (Å²) < 4.78 is 92.7. The van der Waals surface area contributed by atoms with E-state index in [4.69, 9.17) is 37.9 Å². The number of ether oxygens (including phenoxy) is 9. The summed E-state index contributed by atoms with van der Waals surface area (Å²) in [5.74, 6) is -0.983. The van der Waals surface area contributed by atoms with Crippen molar-refractivity contribution < 1.29 is 145 Å².